The van der Waals surface area contributed by atoms with Crippen molar-refractivity contribution in [2.45, 2.75) is 13.0 Å². The van der Waals surface area contributed by atoms with E-state index in [1.165, 1.54) is 7.11 Å². The molecule has 0 spiro atoms. The number of aromatic nitrogens is 1. The van der Waals surface area contributed by atoms with E-state index < -0.39 is 0 Å². The highest BCUT2D eigenvalue weighted by molar-refractivity contribution is 5.90. The highest BCUT2D eigenvalue weighted by atomic mass is 16.5. The van der Waals surface area contributed by atoms with Crippen LogP contribution in [0, 0.1) is 0 Å². The second-order valence-electron chi connectivity index (χ2n) is 4.85. The standard InChI is InChI=1S/C17H19N3O3/c1-23-17(22)13-5-4-7-14(11-13)19-10-8-16(21)20-12-15-6-2-3-9-18-15/h2-7,9,11,19H,8,10,12H2,1H3,(H,20,21). The molecule has 0 aliphatic rings. The fourth-order valence-electron chi connectivity index (χ4n) is 1.97. The predicted octanol–water partition coefficient (Wildman–Crippen LogP) is 1.99. The van der Waals surface area contributed by atoms with E-state index in [0.717, 1.165) is 11.4 Å². The third-order valence-corrected chi connectivity index (χ3v) is 3.16. The molecule has 1 aromatic carbocycles. The third kappa shape index (κ3) is 5.43. The Balaban J connectivity index is 1.74. The summed E-state index contributed by atoms with van der Waals surface area (Å²) in [5.41, 5.74) is 2.06. The lowest BCUT2D eigenvalue weighted by Gasteiger charge is -2.08. The molecule has 6 nitrogen and oxygen atoms in total. The number of carbonyl (C=O) groups is 2. The lowest BCUT2D eigenvalue weighted by atomic mass is 10.2. The van der Waals surface area contributed by atoms with Crippen molar-refractivity contribution in [2.75, 3.05) is 19.0 Å². The van der Waals surface area contributed by atoms with Crippen LogP contribution in [-0.2, 0) is 16.1 Å². The molecular formula is C17H19N3O3. The van der Waals surface area contributed by atoms with E-state index in [1.54, 1.807) is 24.4 Å². The molecule has 1 heterocycles. The zero-order valence-electron chi connectivity index (χ0n) is 12.9. The molecule has 2 N–H and O–H groups in total. The molecule has 1 amide bonds. The summed E-state index contributed by atoms with van der Waals surface area (Å²) in [6, 6.07) is 12.5. The molecule has 2 rings (SSSR count). The van der Waals surface area contributed by atoms with Crippen molar-refractivity contribution in [1.29, 1.82) is 0 Å². The summed E-state index contributed by atoms with van der Waals surface area (Å²) in [7, 11) is 1.34. The summed E-state index contributed by atoms with van der Waals surface area (Å²) >= 11 is 0. The van der Waals surface area contributed by atoms with Gasteiger partial charge in [0.05, 0.1) is 24.9 Å². The molecule has 120 valence electrons. The quantitative estimate of drug-likeness (QED) is 0.764. The van der Waals surface area contributed by atoms with E-state index in [-0.39, 0.29) is 11.9 Å². The van der Waals surface area contributed by atoms with Gasteiger partial charge in [0.15, 0.2) is 0 Å². The maximum Gasteiger partial charge on any atom is 0.337 e. The Bertz CT molecular complexity index is 659. The van der Waals surface area contributed by atoms with E-state index in [9.17, 15) is 9.59 Å². The Morgan fingerprint density at radius 1 is 1.17 bits per heavy atom. The number of esters is 1. The van der Waals surface area contributed by atoms with Gasteiger partial charge in [0.2, 0.25) is 5.91 Å². The van der Waals surface area contributed by atoms with Gasteiger partial charge in [-0.15, -0.1) is 0 Å². The first-order chi connectivity index (χ1) is 11.2. The lowest BCUT2D eigenvalue weighted by Crippen LogP contribution is -2.25. The van der Waals surface area contributed by atoms with Crippen LogP contribution in [-0.4, -0.2) is 30.5 Å². The van der Waals surface area contributed by atoms with Crippen LogP contribution >= 0.6 is 0 Å². The van der Waals surface area contributed by atoms with Gasteiger partial charge in [-0.25, -0.2) is 4.79 Å². The molecule has 0 saturated carbocycles. The summed E-state index contributed by atoms with van der Waals surface area (Å²) in [4.78, 5) is 27.4. The number of benzene rings is 1. The summed E-state index contributed by atoms with van der Waals surface area (Å²) in [6.45, 7) is 0.885. The average molecular weight is 313 g/mol. The average Bonchev–Trinajstić information content (AvgIpc) is 2.60. The molecule has 0 radical (unpaired) electrons. The Labute approximate surface area is 134 Å². The molecule has 0 fully saturated rings. The molecule has 6 heteroatoms. The van der Waals surface area contributed by atoms with E-state index in [1.807, 2.05) is 24.3 Å². The van der Waals surface area contributed by atoms with Crippen LogP contribution in [0.2, 0.25) is 0 Å². The van der Waals surface area contributed by atoms with Crippen LogP contribution in [0.15, 0.2) is 48.7 Å². The molecule has 0 saturated heterocycles. The summed E-state index contributed by atoms with van der Waals surface area (Å²) in [5, 5.41) is 5.92. The zero-order valence-corrected chi connectivity index (χ0v) is 12.9. The van der Waals surface area contributed by atoms with Crippen molar-refractivity contribution in [2.24, 2.45) is 0 Å². The van der Waals surface area contributed by atoms with Crippen molar-refractivity contribution in [3.8, 4) is 0 Å². The van der Waals surface area contributed by atoms with Crippen molar-refractivity contribution in [3.63, 3.8) is 0 Å². The molecule has 0 aliphatic carbocycles. The second-order valence-corrected chi connectivity index (χ2v) is 4.85. The van der Waals surface area contributed by atoms with Crippen LogP contribution in [0.1, 0.15) is 22.5 Å². The zero-order chi connectivity index (χ0) is 16.5. The summed E-state index contributed by atoms with van der Waals surface area (Å²) < 4.78 is 4.67. The highest BCUT2D eigenvalue weighted by Crippen LogP contribution is 2.11. The van der Waals surface area contributed by atoms with Crippen LogP contribution < -0.4 is 10.6 Å². The van der Waals surface area contributed by atoms with E-state index in [0.29, 0.717) is 25.1 Å². The Hall–Kier alpha value is -2.89. The predicted molar refractivity (Wildman–Crippen MR) is 87.0 cm³/mol. The topological polar surface area (TPSA) is 80.3 Å². The van der Waals surface area contributed by atoms with Gasteiger partial charge in [0, 0.05) is 24.8 Å². The van der Waals surface area contributed by atoms with Gasteiger partial charge >= 0.3 is 5.97 Å². The minimum Gasteiger partial charge on any atom is -0.465 e. The van der Waals surface area contributed by atoms with Gasteiger partial charge in [-0.3, -0.25) is 9.78 Å². The Morgan fingerprint density at radius 2 is 2.04 bits per heavy atom. The largest absolute Gasteiger partial charge is 0.465 e. The number of hydrogen-bond donors (Lipinski definition) is 2. The van der Waals surface area contributed by atoms with Crippen LogP contribution in [0.5, 0.6) is 0 Å². The van der Waals surface area contributed by atoms with Crippen molar-refractivity contribution >= 4 is 17.6 Å². The van der Waals surface area contributed by atoms with Gasteiger partial charge in [-0.2, -0.15) is 0 Å². The molecule has 2 aromatic rings. The first-order valence-electron chi connectivity index (χ1n) is 7.28. The smallest absolute Gasteiger partial charge is 0.337 e. The minimum atomic E-state index is -0.387. The van der Waals surface area contributed by atoms with Crippen LogP contribution in [0.4, 0.5) is 5.69 Å². The second kappa shape index (κ2) is 8.53. The number of carbonyl (C=O) groups excluding carboxylic acids is 2. The molecule has 0 unspecified atom stereocenters. The SMILES string of the molecule is COC(=O)c1cccc(NCCC(=O)NCc2ccccn2)c1. The summed E-state index contributed by atoms with van der Waals surface area (Å²) in [6.07, 6.45) is 2.02. The van der Waals surface area contributed by atoms with E-state index in [4.69, 9.17) is 0 Å². The highest BCUT2D eigenvalue weighted by Gasteiger charge is 2.06. The molecule has 0 aliphatic heterocycles. The number of hydrogen-bond acceptors (Lipinski definition) is 5. The van der Waals surface area contributed by atoms with Crippen LogP contribution in [0.3, 0.4) is 0 Å². The number of anilines is 1. The maximum atomic E-state index is 11.8. The van der Waals surface area contributed by atoms with Crippen LogP contribution in [0.25, 0.3) is 0 Å². The van der Waals surface area contributed by atoms with E-state index in [2.05, 4.69) is 20.4 Å². The monoisotopic (exact) mass is 313 g/mol. The number of methoxy groups -OCH3 is 1. The Kier molecular flexibility index (Phi) is 6.11. The normalized spacial score (nSPS) is 9.96. The van der Waals surface area contributed by atoms with Gasteiger partial charge in [-0.1, -0.05) is 12.1 Å². The number of pyridine rings is 1. The fourth-order valence-corrected chi connectivity index (χ4v) is 1.97. The molecule has 1 aromatic heterocycles. The number of rotatable bonds is 7. The minimum absolute atomic E-state index is 0.0627. The van der Waals surface area contributed by atoms with Crippen molar-refractivity contribution < 1.29 is 14.3 Å². The van der Waals surface area contributed by atoms with Gasteiger partial charge in [0.1, 0.15) is 0 Å². The maximum absolute atomic E-state index is 11.8. The van der Waals surface area contributed by atoms with Gasteiger partial charge in [0.25, 0.3) is 0 Å². The fraction of sp³-hybridized carbons (Fsp3) is 0.235. The first kappa shape index (κ1) is 16.5. The van der Waals surface area contributed by atoms with Crippen molar-refractivity contribution in [1.82, 2.24) is 10.3 Å². The van der Waals surface area contributed by atoms with Crippen molar-refractivity contribution in [3.05, 3.63) is 59.9 Å². The Morgan fingerprint density at radius 3 is 2.78 bits per heavy atom. The molecule has 0 atom stereocenters. The molecular weight excluding hydrogens is 294 g/mol. The molecule has 0 bridgehead atoms. The number of nitrogens with zero attached hydrogens (tertiary/aromatic N) is 1. The third-order valence-electron chi connectivity index (χ3n) is 3.16. The first-order valence-corrected chi connectivity index (χ1v) is 7.28. The number of nitrogens with one attached hydrogen (secondary N) is 2. The van der Waals surface area contributed by atoms with Gasteiger partial charge in [-0.05, 0) is 30.3 Å². The lowest BCUT2D eigenvalue weighted by molar-refractivity contribution is -0.121. The van der Waals surface area contributed by atoms with E-state index >= 15 is 0 Å². The number of ether oxygens (including phenoxy) is 1. The molecule has 23 heavy (non-hydrogen) atoms. The number of amides is 1. The van der Waals surface area contributed by atoms with Gasteiger partial charge < -0.3 is 15.4 Å². The summed E-state index contributed by atoms with van der Waals surface area (Å²) in [5.74, 6) is -0.450.